The number of amides is 1. The lowest BCUT2D eigenvalue weighted by atomic mass is 10.1. The molecule has 27 heavy (non-hydrogen) atoms. The summed E-state index contributed by atoms with van der Waals surface area (Å²) in [6.07, 6.45) is 0. The molecule has 3 aromatic rings. The highest BCUT2D eigenvalue weighted by molar-refractivity contribution is 6.30. The molecule has 5 nitrogen and oxygen atoms in total. The predicted molar refractivity (Wildman–Crippen MR) is 102 cm³/mol. The van der Waals surface area contributed by atoms with Crippen LogP contribution in [0.3, 0.4) is 0 Å². The number of aryl methyl sites for hydroxylation is 1. The van der Waals surface area contributed by atoms with Crippen LogP contribution in [-0.4, -0.2) is 15.7 Å². The molecule has 1 unspecified atom stereocenters. The van der Waals surface area contributed by atoms with Crippen molar-refractivity contribution >= 4 is 17.5 Å². The minimum absolute atomic E-state index is 0.159. The van der Waals surface area contributed by atoms with Crippen LogP contribution in [0.2, 0.25) is 5.02 Å². The van der Waals surface area contributed by atoms with E-state index in [-0.39, 0.29) is 17.4 Å². The molecule has 0 spiro atoms. The second kappa shape index (κ2) is 7.72. The first-order valence-corrected chi connectivity index (χ1v) is 8.67. The van der Waals surface area contributed by atoms with Crippen LogP contribution in [0.1, 0.15) is 34.7 Å². The smallest absolute Gasteiger partial charge is 0.276 e. The number of halogens is 2. The second-order valence-electron chi connectivity index (χ2n) is 6.11. The summed E-state index contributed by atoms with van der Waals surface area (Å²) < 4.78 is 15.4. The van der Waals surface area contributed by atoms with Crippen molar-refractivity contribution in [1.82, 2.24) is 15.1 Å². The third-order valence-electron chi connectivity index (χ3n) is 4.10. The number of hydrogen-bond donors (Lipinski definition) is 1. The number of hydrogen-bond acceptors (Lipinski definition) is 3. The second-order valence-corrected chi connectivity index (χ2v) is 6.55. The van der Waals surface area contributed by atoms with Crippen molar-refractivity contribution in [3.63, 3.8) is 0 Å². The first-order valence-electron chi connectivity index (χ1n) is 8.29. The molecule has 0 aliphatic carbocycles. The molecule has 0 saturated carbocycles. The van der Waals surface area contributed by atoms with E-state index in [4.69, 9.17) is 11.6 Å². The van der Waals surface area contributed by atoms with Crippen LogP contribution in [-0.2, 0) is 0 Å². The van der Waals surface area contributed by atoms with Gasteiger partial charge in [0.05, 0.1) is 6.04 Å². The summed E-state index contributed by atoms with van der Waals surface area (Å²) in [7, 11) is 0. The number of carbonyl (C=O) groups excluding carboxylic acids is 1. The van der Waals surface area contributed by atoms with Gasteiger partial charge in [-0.15, -0.1) is 0 Å². The van der Waals surface area contributed by atoms with Gasteiger partial charge >= 0.3 is 0 Å². The molecule has 0 radical (unpaired) electrons. The molecule has 1 heterocycles. The SMILES string of the molecule is Cc1cc(=O)c(C(=O)NC(C)c2cccc(Cl)c2)nn1-c1ccccc1F. The Hall–Kier alpha value is -2.99. The Kier molecular flexibility index (Phi) is 5.37. The van der Waals surface area contributed by atoms with Crippen molar-refractivity contribution in [3.8, 4) is 5.69 Å². The molecule has 1 aromatic heterocycles. The number of nitrogens with zero attached hydrogens (tertiary/aromatic N) is 2. The van der Waals surface area contributed by atoms with Crippen LogP contribution < -0.4 is 10.7 Å². The number of benzene rings is 2. The Morgan fingerprint density at radius 3 is 2.63 bits per heavy atom. The number of para-hydroxylation sites is 1. The standard InChI is InChI=1S/C20H17ClFN3O2/c1-12-10-18(26)19(24-25(12)17-9-4-3-8-16(17)22)20(27)23-13(2)14-6-5-7-15(21)11-14/h3-11,13H,1-2H3,(H,23,27). The lowest BCUT2D eigenvalue weighted by Crippen LogP contribution is -2.33. The van der Waals surface area contributed by atoms with Gasteiger partial charge in [0.2, 0.25) is 5.43 Å². The molecule has 0 fully saturated rings. The Labute approximate surface area is 160 Å². The minimum atomic E-state index is -0.641. The molecule has 0 bridgehead atoms. The Bertz CT molecular complexity index is 1070. The van der Waals surface area contributed by atoms with Crippen molar-refractivity contribution in [3.05, 3.63) is 92.6 Å². The zero-order valence-corrected chi connectivity index (χ0v) is 15.5. The van der Waals surface area contributed by atoms with E-state index >= 15 is 0 Å². The predicted octanol–water partition coefficient (Wildman–Crippen LogP) is 3.82. The highest BCUT2D eigenvalue weighted by atomic mass is 35.5. The van der Waals surface area contributed by atoms with Gasteiger partial charge in [0, 0.05) is 16.8 Å². The monoisotopic (exact) mass is 385 g/mol. The average Bonchev–Trinajstić information content (AvgIpc) is 2.62. The van der Waals surface area contributed by atoms with Gasteiger partial charge in [-0.05, 0) is 43.7 Å². The summed E-state index contributed by atoms with van der Waals surface area (Å²) in [4.78, 5) is 24.9. The van der Waals surface area contributed by atoms with E-state index in [1.807, 2.05) is 6.07 Å². The van der Waals surface area contributed by atoms with Crippen molar-refractivity contribution in [2.24, 2.45) is 0 Å². The number of aromatic nitrogens is 2. The van der Waals surface area contributed by atoms with Gasteiger partial charge in [-0.1, -0.05) is 35.9 Å². The number of rotatable bonds is 4. The Morgan fingerprint density at radius 1 is 1.19 bits per heavy atom. The van der Waals surface area contributed by atoms with Crippen LogP contribution in [0.5, 0.6) is 0 Å². The van der Waals surface area contributed by atoms with Gasteiger partial charge in [0.15, 0.2) is 5.69 Å². The normalized spacial score (nSPS) is 11.9. The number of carbonyl (C=O) groups is 1. The zero-order valence-electron chi connectivity index (χ0n) is 14.7. The van der Waals surface area contributed by atoms with Gasteiger partial charge in [0.1, 0.15) is 11.5 Å². The van der Waals surface area contributed by atoms with Crippen molar-refractivity contribution in [2.45, 2.75) is 19.9 Å². The lowest BCUT2D eigenvalue weighted by molar-refractivity contribution is 0.0931. The maximum atomic E-state index is 14.1. The van der Waals surface area contributed by atoms with Crippen molar-refractivity contribution < 1.29 is 9.18 Å². The molecule has 138 valence electrons. The number of nitrogens with one attached hydrogen (secondary N) is 1. The molecular weight excluding hydrogens is 369 g/mol. The Morgan fingerprint density at radius 2 is 1.93 bits per heavy atom. The third kappa shape index (κ3) is 4.06. The molecule has 1 N–H and O–H groups in total. The van der Waals surface area contributed by atoms with E-state index in [0.717, 1.165) is 5.56 Å². The highest BCUT2D eigenvalue weighted by Gasteiger charge is 2.19. The maximum Gasteiger partial charge on any atom is 0.276 e. The fraction of sp³-hybridized carbons (Fsp3) is 0.150. The molecular formula is C20H17ClFN3O2. The molecule has 0 aliphatic heterocycles. The summed E-state index contributed by atoms with van der Waals surface area (Å²) in [6, 6.07) is 13.9. The summed E-state index contributed by atoms with van der Waals surface area (Å²) >= 11 is 5.97. The van der Waals surface area contributed by atoms with Gasteiger partial charge in [-0.25, -0.2) is 9.07 Å². The van der Waals surface area contributed by atoms with E-state index in [2.05, 4.69) is 10.4 Å². The maximum absolute atomic E-state index is 14.1. The molecule has 1 amide bonds. The first-order chi connectivity index (χ1) is 12.9. The largest absolute Gasteiger partial charge is 0.344 e. The van der Waals surface area contributed by atoms with E-state index in [1.165, 1.54) is 22.9 Å². The molecule has 3 rings (SSSR count). The van der Waals surface area contributed by atoms with Crippen LogP contribution in [0.25, 0.3) is 5.69 Å². The van der Waals surface area contributed by atoms with E-state index < -0.39 is 17.2 Å². The highest BCUT2D eigenvalue weighted by Crippen LogP contribution is 2.18. The fourth-order valence-electron chi connectivity index (χ4n) is 2.70. The van der Waals surface area contributed by atoms with Crippen LogP contribution in [0.15, 0.2) is 59.4 Å². The van der Waals surface area contributed by atoms with Gasteiger partial charge in [-0.2, -0.15) is 5.10 Å². The summed E-state index contributed by atoms with van der Waals surface area (Å²) in [5.74, 6) is -1.15. The van der Waals surface area contributed by atoms with Gasteiger partial charge in [0.25, 0.3) is 5.91 Å². The summed E-state index contributed by atoms with van der Waals surface area (Å²) in [5, 5.41) is 7.36. The molecule has 2 aromatic carbocycles. The third-order valence-corrected chi connectivity index (χ3v) is 4.33. The molecule has 1 atom stereocenters. The van der Waals surface area contributed by atoms with Gasteiger partial charge in [-0.3, -0.25) is 9.59 Å². The average molecular weight is 386 g/mol. The lowest BCUT2D eigenvalue weighted by Gasteiger charge is -2.15. The fourth-order valence-corrected chi connectivity index (χ4v) is 2.90. The zero-order chi connectivity index (χ0) is 19.6. The molecule has 7 heteroatoms. The topological polar surface area (TPSA) is 64.0 Å². The van der Waals surface area contributed by atoms with Crippen LogP contribution in [0.4, 0.5) is 4.39 Å². The van der Waals surface area contributed by atoms with Crippen molar-refractivity contribution in [1.29, 1.82) is 0 Å². The van der Waals surface area contributed by atoms with E-state index in [9.17, 15) is 14.0 Å². The van der Waals surface area contributed by atoms with Crippen LogP contribution in [0, 0.1) is 12.7 Å². The summed E-state index contributed by atoms with van der Waals surface area (Å²) in [5.41, 5.74) is 0.530. The Balaban J connectivity index is 1.94. The molecule has 0 aliphatic rings. The molecule has 0 saturated heterocycles. The van der Waals surface area contributed by atoms with Gasteiger partial charge < -0.3 is 5.32 Å². The van der Waals surface area contributed by atoms with E-state index in [1.54, 1.807) is 44.2 Å². The van der Waals surface area contributed by atoms with Crippen LogP contribution >= 0.6 is 11.6 Å². The van der Waals surface area contributed by atoms with Crippen molar-refractivity contribution in [2.75, 3.05) is 0 Å². The quantitative estimate of drug-likeness (QED) is 0.742. The minimum Gasteiger partial charge on any atom is -0.344 e. The van der Waals surface area contributed by atoms with E-state index in [0.29, 0.717) is 10.7 Å². The first kappa shape index (κ1) is 18.8. The summed E-state index contributed by atoms with van der Waals surface area (Å²) in [6.45, 7) is 3.39.